The quantitative estimate of drug-likeness (QED) is 0.584. The van der Waals surface area contributed by atoms with Crippen LogP contribution in [0.5, 0.6) is 0 Å². The Balaban J connectivity index is 2.95. The van der Waals surface area contributed by atoms with Gasteiger partial charge in [-0.15, -0.1) is 0 Å². The molecule has 0 aliphatic carbocycles. The molecule has 3 heteroatoms. The van der Waals surface area contributed by atoms with Crippen LogP contribution in [0.2, 0.25) is 5.15 Å². The molecule has 0 bridgehead atoms. The summed E-state index contributed by atoms with van der Waals surface area (Å²) in [7, 11) is 1.86. The highest BCUT2D eigenvalue weighted by Crippen LogP contribution is 2.20. The van der Waals surface area contributed by atoms with Crippen molar-refractivity contribution in [3.63, 3.8) is 0 Å². The molecule has 55 valence electrons. The maximum Gasteiger partial charge on any atom is 0.158 e. The van der Waals surface area contributed by atoms with Crippen LogP contribution < -0.4 is 0 Å². The lowest BCUT2D eigenvalue weighted by molar-refractivity contribution is 0.797. The van der Waals surface area contributed by atoms with Crippen molar-refractivity contribution in [2.45, 2.75) is 0 Å². The largest absolute Gasteiger partial charge is 0.266 e. The summed E-state index contributed by atoms with van der Waals surface area (Å²) < 4.78 is 1.74. The van der Waals surface area contributed by atoms with E-state index in [1.165, 1.54) is 0 Å². The Kier molecular flexibility index (Phi) is 1.36. The summed E-state index contributed by atoms with van der Waals surface area (Å²) in [5, 5.41) is 5.58. The van der Waals surface area contributed by atoms with E-state index >= 15 is 0 Å². The van der Waals surface area contributed by atoms with Gasteiger partial charge in [0.15, 0.2) is 5.15 Å². The van der Waals surface area contributed by atoms with E-state index < -0.39 is 0 Å². The number of rotatable bonds is 0. The summed E-state index contributed by atoms with van der Waals surface area (Å²) in [4.78, 5) is 0. The average molecular weight is 166 g/mol. The third-order valence-electron chi connectivity index (χ3n) is 1.65. The Hall–Kier alpha value is -1.02. The maximum atomic E-state index is 5.83. The van der Waals surface area contributed by atoms with Crippen LogP contribution >= 0.6 is 11.6 Å². The lowest BCUT2D eigenvalue weighted by Crippen LogP contribution is -1.87. The molecule has 0 unspecified atom stereocenters. The molecule has 2 aromatic rings. The molecule has 0 aliphatic rings. The first kappa shape index (κ1) is 6.68. The monoisotopic (exact) mass is 165 g/mol. The Morgan fingerprint density at radius 3 is 3.18 bits per heavy atom. The van der Waals surface area contributed by atoms with Crippen LogP contribution in [0.4, 0.5) is 0 Å². The molecule has 2 nitrogen and oxygen atoms in total. The lowest BCUT2D eigenvalue weighted by atomic mass is 10.3. The first-order chi connectivity index (χ1) is 5.29. The zero-order valence-corrected chi connectivity index (χ0v) is 6.76. The van der Waals surface area contributed by atoms with Crippen molar-refractivity contribution in [2.75, 3.05) is 0 Å². The molecule has 0 atom stereocenters. The van der Waals surface area contributed by atoms with Gasteiger partial charge in [0.2, 0.25) is 0 Å². The molecular weight excluding hydrogens is 160 g/mol. The minimum absolute atomic E-state index is 0.552. The molecule has 0 N–H and O–H groups in total. The Bertz CT molecular complexity index is 356. The van der Waals surface area contributed by atoms with Crippen LogP contribution in [-0.4, -0.2) is 9.78 Å². The molecule has 1 heterocycles. The van der Waals surface area contributed by atoms with Gasteiger partial charge in [-0.05, 0) is 18.2 Å². The highest BCUT2D eigenvalue weighted by atomic mass is 35.5. The molecule has 2 rings (SSSR count). The van der Waals surface area contributed by atoms with Crippen molar-refractivity contribution >= 4 is 22.5 Å². The van der Waals surface area contributed by atoms with E-state index in [-0.39, 0.29) is 0 Å². The predicted octanol–water partition coefficient (Wildman–Crippen LogP) is 2.03. The Labute approximate surface area is 69.4 Å². The van der Waals surface area contributed by atoms with Crippen molar-refractivity contribution in [3.8, 4) is 0 Å². The fourth-order valence-corrected chi connectivity index (χ4v) is 1.38. The van der Waals surface area contributed by atoms with Gasteiger partial charge in [0.05, 0.1) is 5.52 Å². The second-order valence-corrected chi connectivity index (χ2v) is 2.72. The molecule has 0 spiro atoms. The van der Waals surface area contributed by atoms with Crippen LogP contribution in [-0.2, 0) is 7.05 Å². The summed E-state index contributed by atoms with van der Waals surface area (Å²) in [6.07, 6.45) is 0. The molecule has 0 fully saturated rings. The van der Waals surface area contributed by atoms with E-state index in [1.54, 1.807) is 4.68 Å². The van der Waals surface area contributed by atoms with Crippen molar-refractivity contribution in [1.82, 2.24) is 9.78 Å². The molecule has 0 aliphatic heterocycles. The minimum Gasteiger partial charge on any atom is -0.266 e. The predicted molar refractivity (Wildman–Crippen MR) is 44.6 cm³/mol. The van der Waals surface area contributed by atoms with E-state index in [1.807, 2.05) is 25.2 Å². The van der Waals surface area contributed by atoms with Gasteiger partial charge in [0, 0.05) is 12.4 Å². The summed E-state index contributed by atoms with van der Waals surface area (Å²) in [5.41, 5.74) is 1.01. The molecular formula is C8H6ClN2. The number of fused-ring (bicyclic) bond motifs is 1. The SMILES string of the molecule is Cn1nc(Cl)c2cc[c]cc21. The van der Waals surface area contributed by atoms with Crippen molar-refractivity contribution in [2.24, 2.45) is 7.05 Å². The molecule has 0 amide bonds. The van der Waals surface area contributed by atoms with E-state index in [9.17, 15) is 0 Å². The molecule has 11 heavy (non-hydrogen) atoms. The van der Waals surface area contributed by atoms with Crippen molar-refractivity contribution in [3.05, 3.63) is 29.4 Å². The lowest BCUT2D eigenvalue weighted by Gasteiger charge is -1.89. The number of nitrogens with zero attached hydrogens (tertiary/aromatic N) is 2. The smallest absolute Gasteiger partial charge is 0.158 e. The highest BCUT2D eigenvalue weighted by molar-refractivity contribution is 6.34. The first-order valence-corrected chi connectivity index (χ1v) is 3.65. The number of aromatic nitrogens is 2. The van der Waals surface area contributed by atoms with Crippen LogP contribution in [0.1, 0.15) is 0 Å². The van der Waals surface area contributed by atoms with Crippen LogP contribution in [0, 0.1) is 6.07 Å². The van der Waals surface area contributed by atoms with Gasteiger partial charge in [-0.1, -0.05) is 17.7 Å². The molecule has 1 aromatic carbocycles. The number of hydrogen-bond donors (Lipinski definition) is 0. The number of hydrogen-bond acceptors (Lipinski definition) is 1. The Morgan fingerprint density at radius 1 is 1.64 bits per heavy atom. The second-order valence-electron chi connectivity index (χ2n) is 2.36. The van der Waals surface area contributed by atoms with Gasteiger partial charge < -0.3 is 0 Å². The maximum absolute atomic E-state index is 5.83. The minimum atomic E-state index is 0.552. The summed E-state index contributed by atoms with van der Waals surface area (Å²) >= 11 is 5.83. The average Bonchev–Trinajstić information content (AvgIpc) is 2.30. The summed E-state index contributed by atoms with van der Waals surface area (Å²) in [6, 6.07) is 8.58. The molecule has 1 aromatic heterocycles. The molecule has 0 saturated carbocycles. The molecule has 0 saturated heterocycles. The van der Waals surface area contributed by atoms with E-state index in [0.29, 0.717) is 5.15 Å². The zero-order valence-electron chi connectivity index (χ0n) is 6.00. The summed E-state index contributed by atoms with van der Waals surface area (Å²) in [5.74, 6) is 0. The Morgan fingerprint density at radius 2 is 2.45 bits per heavy atom. The zero-order chi connectivity index (χ0) is 7.84. The van der Waals surface area contributed by atoms with Crippen LogP contribution in [0.25, 0.3) is 10.9 Å². The normalized spacial score (nSPS) is 10.7. The number of benzene rings is 1. The highest BCUT2D eigenvalue weighted by Gasteiger charge is 2.03. The van der Waals surface area contributed by atoms with E-state index in [4.69, 9.17) is 11.6 Å². The standard InChI is InChI=1S/C8H6ClN2/c1-11-7-5-3-2-4-6(7)8(9)10-11/h2,4-5H,1H3. The molecule has 1 radical (unpaired) electrons. The van der Waals surface area contributed by atoms with Crippen molar-refractivity contribution in [1.29, 1.82) is 0 Å². The first-order valence-electron chi connectivity index (χ1n) is 3.27. The van der Waals surface area contributed by atoms with Gasteiger partial charge in [-0.25, -0.2) is 0 Å². The van der Waals surface area contributed by atoms with Crippen molar-refractivity contribution < 1.29 is 0 Å². The van der Waals surface area contributed by atoms with Crippen LogP contribution in [0.3, 0.4) is 0 Å². The fraction of sp³-hybridized carbons (Fsp3) is 0.125. The fourth-order valence-electron chi connectivity index (χ4n) is 1.10. The number of halogens is 1. The summed E-state index contributed by atoms with van der Waals surface area (Å²) in [6.45, 7) is 0. The second kappa shape index (κ2) is 2.24. The third-order valence-corrected chi connectivity index (χ3v) is 1.93. The van der Waals surface area contributed by atoms with Gasteiger partial charge >= 0.3 is 0 Å². The van der Waals surface area contributed by atoms with E-state index in [2.05, 4.69) is 11.2 Å². The number of aryl methyl sites for hydroxylation is 1. The topological polar surface area (TPSA) is 17.8 Å². The third kappa shape index (κ3) is 0.906. The van der Waals surface area contributed by atoms with Gasteiger partial charge in [-0.2, -0.15) is 5.10 Å². The van der Waals surface area contributed by atoms with Gasteiger partial charge in [0.25, 0.3) is 0 Å². The van der Waals surface area contributed by atoms with Gasteiger partial charge in [-0.3, -0.25) is 4.68 Å². The van der Waals surface area contributed by atoms with Crippen LogP contribution in [0.15, 0.2) is 18.2 Å². The van der Waals surface area contributed by atoms with E-state index in [0.717, 1.165) is 10.9 Å². The van der Waals surface area contributed by atoms with Gasteiger partial charge in [0.1, 0.15) is 0 Å².